The summed E-state index contributed by atoms with van der Waals surface area (Å²) in [6.45, 7) is 8.53. The molecular formula is C15H26O2. The first-order valence-corrected chi connectivity index (χ1v) is 7.19. The first kappa shape index (κ1) is 12.9. The van der Waals surface area contributed by atoms with Gasteiger partial charge in [0.1, 0.15) is 5.60 Å². The van der Waals surface area contributed by atoms with E-state index in [4.69, 9.17) is 4.74 Å². The molecule has 0 amide bonds. The SMILES string of the molecule is CCC(C)C(=O)OC1(CC)CC2CCC1(C)C2. The van der Waals surface area contributed by atoms with Crippen molar-refractivity contribution in [3.05, 3.63) is 0 Å². The highest BCUT2D eigenvalue weighted by atomic mass is 16.6. The lowest BCUT2D eigenvalue weighted by Gasteiger charge is -2.44. The molecule has 2 bridgehead atoms. The summed E-state index contributed by atoms with van der Waals surface area (Å²) in [5, 5.41) is 0. The van der Waals surface area contributed by atoms with Crippen LogP contribution in [-0.2, 0) is 9.53 Å². The second-order valence-corrected chi connectivity index (χ2v) is 6.45. The van der Waals surface area contributed by atoms with Crippen molar-refractivity contribution in [1.82, 2.24) is 0 Å². The number of hydrogen-bond acceptors (Lipinski definition) is 2. The Hall–Kier alpha value is -0.530. The maximum absolute atomic E-state index is 12.1. The summed E-state index contributed by atoms with van der Waals surface area (Å²) >= 11 is 0. The van der Waals surface area contributed by atoms with Gasteiger partial charge in [-0.25, -0.2) is 0 Å². The largest absolute Gasteiger partial charge is 0.458 e. The van der Waals surface area contributed by atoms with E-state index in [2.05, 4.69) is 13.8 Å². The van der Waals surface area contributed by atoms with Crippen LogP contribution in [-0.4, -0.2) is 11.6 Å². The Morgan fingerprint density at radius 2 is 2.12 bits per heavy atom. The lowest BCUT2D eigenvalue weighted by molar-refractivity contribution is -0.179. The average Bonchev–Trinajstić information content (AvgIpc) is 2.81. The second kappa shape index (κ2) is 4.29. The van der Waals surface area contributed by atoms with Gasteiger partial charge in [-0.1, -0.05) is 27.7 Å². The molecule has 0 aromatic rings. The van der Waals surface area contributed by atoms with Crippen molar-refractivity contribution in [2.24, 2.45) is 17.3 Å². The van der Waals surface area contributed by atoms with Crippen molar-refractivity contribution in [3.8, 4) is 0 Å². The molecule has 0 N–H and O–H groups in total. The third kappa shape index (κ3) is 1.90. The van der Waals surface area contributed by atoms with Crippen molar-refractivity contribution >= 4 is 5.97 Å². The molecule has 0 aliphatic heterocycles. The minimum Gasteiger partial charge on any atom is -0.458 e. The summed E-state index contributed by atoms with van der Waals surface area (Å²) in [6, 6.07) is 0. The monoisotopic (exact) mass is 238 g/mol. The Bertz CT molecular complexity index is 312. The third-order valence-electron chi connectivity index (χ3n) is 5.44. The van der Waals surface area contributed by atoms with E-state index in [1.165, 1.54) is 19.3 Å². The molecule has 2 heteroatoms. The Morgan fingerprint density at radius 1 is 1.41 bits per heavy atom. The fourth-order valence-electron chi connectivity index (χ4n) is 3.93. The summed E-state index contributed by atoms with van der Waals surface area (Å²) < 4.78 is 6.00. The van der Waals surface area contributed by atoms with E-state index in [1.807, 2.05) is 13.8 Å². The van der Waals surface area contributed by atoms with Crippen LogP contribution in [0, 0.1) is 17.3 Å². The number of carbonyl (C=O) groups is 1. The lowest BCUT2D eigenvalue weighted by atomic mass is 9.71. The van der Waals surface area contributed by atoms with E-state index in [1.54, 1.807) is 0 Å². The predicted molar refractivity (Wildman–Crippen MR) is 68.6 cm³/mol. The Balaban J connectivity index is 2.14. The number of hydrogen-bond donors (Lipinski definition) is 0. The van der Waals surface area contributed by atoms with Crippen molar-refractivity contribution in [2.75, 3.05) is 0 Å². The Labute approximate surface area is 105 Å². The van der Waals surface area contributed by atoms with Gasteiger partial charge < -0.3 is 4.74 Å². The van der Waals surface area contributed by atoms with Crippen molar-refractivity contribution < 1.29 is 9.53 Å². The van der Waals surface area contributed by atoms with Crippen LogP contribution in [0.15, 0.2) is 0 Å². The first-order chi connectivity index (χ1) is 7.96. The van der Waals surface area contributed by atoms with E-state index in [-0.39, 0.29) is 22.9 Å². The molecule has 0 spiro atoms. The molecule has 2 saturated carbocycles. The van der Waals surface area contributed by atoms with Gasteiger partial charge in [-0.05, 0) is 44.4 Å². The summed E-state index contributed by atoms with van der Waals surface area (Å²) in [6.07, 6.45) is 6.77. The average molecular weight is 238 g/mol. The van der Waals surface area contributed by atoms with Crippen LogP contribution in [0.25, 0.3) is 0 Å². The molecule has 2 aliphatic carbocycles. The zero-order chi connectivity index (χ0) is 12.7. The van der Waals surface area contributed by atoms with Gasteiger partial charge in [0.15, 0.2) is 0 Å². The zero-order valence-electron chi connectivity index (χ0n) is 11.7. The molecular weight excluding hydrogens is 212 g/mol. The minimum atomic E-state index is -0.156. The molecule has 4 unspecified atom stereocenters. The van der Waals surface area contributed by atoms with E-state index < -0.39 is 0 Å². The molecule has 2 fully saturated rings. The minimum absolute atomic E-state index is 0.0168. The molecule has 0 aromatic heterocycles. The number of esters is 1. The second-order valence-electron chi connectivity index (χ2n) is 6.45. The molecule has 17 heavy (non-hydrogen) atoms. The van der Waals surface area contributed by atoms with Gasteiger partial charge >= 0.3 is 5.97 Å². The normalized spacial score (nSPS) is 41.5. The van der Waals surface area contributed by atoms with Crippen LogP contribution in [0.5, 0.6) is 0 Å². The molecule has 2 rings (SSSR count). The molecule has 0 aromatic carbocycles. The highest BCUT2D eigenvalue weighted by Gasteiger charge is 2.60. The molecule has 0 saturated heterocycles. The van der Waals surface area contributed by atoms with Crippen LogP contribution < -0.4 is 0 Å². The van der Waals surface area contributed by atoms with E-state index in [9.17, 15) is 4.79 Å². The molecule has 0 radical (unpaired) electrons. The first-order valence-electron chi connectivity index (χ1n) is 7.19. The Kier molecular flexibility index (Phi) is 3.26. The van der Waals surface area contributed by atoms with Crippen molar-refractivity contribution in [2.45, 2.75) is 71.8 Å². The van der Waals surface area contributed by atoms with Crippen LogP contribution >= 0.6 is 0 Å². The van der Waals surface area contributed by atoms with Crippen LogP contribution in [0.3, 0.4) is 0 Å². The summed E-state index contributed by atoms with van der Waals surface area (Å²) in [5.74, 6) is 0.856. The van der Waals surface area contributed by atoms with Gasteiger partial charge in [-0.15, -0.1) is 0 Å². The van der Waals surface area contributed by atoms with Crippen LogP contribution in [0.4, 0.5) is 0 Å². The number of fused-ring (bicyclic) bond motifs is 2. The summed E-state index contributed by atoms with van der Waals surface area (Å²) in [7, 11) is 0. The fraction of sp³-hybridized carbons (Fsp3) is 0.933. The Morgan fingerprint density at radius 3 is 2.53 bits per heavy atom. The standard InChI is InChI=1S/C15H26O2/c1-5-11(3)13(16)17-15(6-2)10-12-7-8-14(15,4)9-12/h11-12H,5-10H2,1-4H3. The molecule has 2 nitrogen and oxygen atoms in total. The van der Waals surface area contributed by atoms with Crippen LogP contribution in [0.1, 0.15) is 66.2 Å². The zero-order valence-corrected chi connectivity index (χ0v) is 11.7. The van der Waals surface area contributed by atoms with Gasteiger partial charge in [0.05, 0.1) is 5.92 Å². The van der Waals surface area contributed by atoms with Gasteiger partial charge in [-0.3, -0.25) is 4.79 Å². The van der Waals surface area contributed by atoms with Gasteiger partial charge in [-0.2, -0.15) is 0 Å². The lowest BCUT2D eigenvalue weighted by Crippen LogP contribution is -2.47. The number of carbonyl (C=O) groups excluding carboxylic acids is 1. The van der Waals surface area contributed by atoms with Gasteiger partial charge in [0, 0.05) is 5.41 Å². The van der Waals surface area contributed by atoms with Crippen molar-refractivity contribution in [1.29, 1.82) is 0 Å². The summed E-state index contributed by atoms with van der Waals surface area (Å²) in [4.78, 5) is 12.1. The quantitative estimate of drug-likeness (QED) is 0.694. The van der Waals surface area contributed by atoms with E-state index in [0.29, 0.717) is 0 Å². The molecule has 98 valence electrons. The number of ether oxygens (including phenoxy) is 1. The van der Waals surface area contributed by atoms with Gasteiger partial charge in [0.25, 0.3) is 0 Å². The predicted octanol–water partition coefficient (Wildman–Crippen LogP) is 3.93. The highest BCUT2D eigenvalue weighted by molar-refractivity contribution is 5.72. The maximum Gasteiger partial charge on any atom is 0.309 e. The van der Waals surface area contributed by atoms with Crippen molar-refractivity contribution in [3.63, 3.8) is 0 Å². The molecule has 2 aliphatic rings. The van der Waals surface area contributed by atoms with E-state index >= 15 is 0 Å². The maximum atomic E-state index is 12.1. The summed E-state index contributed by atoms with van der Waals surface area (Å²) in [5.41, 5.74) is 0.0893. The fourth-order valence-corrected chi connectivity index (χ4v) is 3.93. The topological polar surface area (TPSA) is 26.3 Å². The van der Waals surface area contributed by atoms with Gasteiger partial charge in [0.2, 0.25) is 0 Å². The number of rotatable bonds is 4. The van der Waals surface area contributed by atoms with Crippen LogP contribution in [0.2, 0.25) is 0 Å². The molecule has 4 atom stereocenters. The smallest absolute Gasteiger partial charge is 0.309 e. The highest BCUT2D eigenvalue weighted by Crippen LogP contribution is 2.62. The third-order valence-corrected chi connectivity index (χ3v) is 5.44. The molecule has 0 heterocycles. The van der Waals surface area contributed by atoms with E-state index in [0.717, 1.165) is 25.2 Å².